The first-order valence-corrected chi connectivity index (χ1v) is 6.31. The lowest BCUT2D eigenvalue weighted by Crippen LogP contribution is -2.19. The lowest BCUT2D eigenvalue weighted by molar-refractivity contribution is 0.0705. The predicted octanol–water partition coefficient (Wildman–Crippen LogP) is 1.90. The van der Waals surface area contributed by atoms with Crippen molar-refractivity contribution in [2.45, 2.75) is 6.42 Å². The number of halogens is 1. The van der Waals surface area contributed by atoms with Crippen molar-refractivity contribution in [3.05, 3.63) is 52.8 Å². The van der Waals surface area contributed by atoms with Crippen molar-refractivity contribution in [1.29, 1.82) is 0 Å². The average molecular weight is 293 g/mol. The highest BCUT2D eigenvalue weighted by molar-refractivity contribution is 6.30. The van der Waals surface area contributed by atoms with Crippen LogP contribution in [0.4, 0.5) is 5.95 Å². The summed E-state index contributed by atoms with van der Waals surface area (Å²) in [5, 5.41) is 12.2. The fourth-order valence-corrected chi connectivity index (χ4v) is 1.70. The average Bonchev–Trinajstić information content (AvgIpc) is 2.49. The fraction of sp³-hybridized carbons (Fsp3) is 0.154. The zero-order valence-electron chi connectivity index (χ0n) is 10.5. The van der Waals surface area contributed by atoms with Gasteiger partial charge < -0.3 is 5.32 Å². The molecule has 0 aliphatic rings. The number of amides is 1. The summed E-state index contributed by atoms with van der Waals surface area (Å²) >= 11 is 5.81. The molecule has 2 aromatic rings. The minimum Gasteiger partial charge on any atom is -0.354 e. The zero-order chi connectivity index (χ0) is 14.4. The lowest BCUT2D eigenvalue weighted by atomic mass is 10.1. The topological polar surface area (TPSA) is 87.1 Å². The van der Waals surface area contributed by atoms with Crippen LogP contribution in [0.15, 0.2) is 36.7 Å². The third kappa shape index (κ3) is 3.91. The summed E-state index contributed by atoms with van der Waals surface area (Å²) in [4.78, 5) is 19.0. The number of hydrogen-bond acceptors (Lipinski definition) is 5. The Labute approximate surface area is 120 Å². The predicted molar refractivity (Wildman–Crippen MR) is 74.9 cm³/mol. The fourth-order valence-electron chi connectivity index (χ4n) is 1.57. The second kappa shape index (κ2) is 6.83. The van der Waals surface area contributed by atoms with Gasteiger partial charge in [0.1, 0.15) is 0 Å². The lowest BCUT2D eigenvalue weighted by Gasteiger charge is -2.05. The van der Waals surface area contributed by atoms with Gasteiger partial charge in [-0.05, 0) is 24.1 Å². The summed E-state index contributed by atoms with van der Waals surface area (Å²) in [6.45, 7) is 0.660. The van der Waals surface area contributed by atoms with E-state index in [2.05, 4.69) is 15.3 Å². The molecule has 0 fully saturated rings. The number of nitrogens with zero attached hydrogens (tertiary/aromatic N) is 2. The van der Waals surface area contributed by atoms with Gasteiger partial charge in [0.25, 0.3) is 5.91 Å². The first-order valence-electron chi connectivity index (χ1n) is 5.94. The highest BCUT2D eigenvalue weighted by atomic mass is 35.5. The first-order chi connectivity index (χ1) is 9.69. The second-order valence-corrected chi connectivity index (χ2v) is 4.48. The molecule has 1 aromatic heterocycles. The molecule has 0 unspecified atom stereocenters. The van der Waals surface area contributed by atoms with Crippen molar-refractivity contribution in [3.8, 4) is 0 Å². The maximum Gasteiger partial charge on any atom is 0.277 e. The maximum absolute atomic E-state index is 11.1. The molecule has 0 radical (unpaired) electrons. The van der Waals surface area contributed by atoms with E-state index in [1.807, 2.05) is 24.3 Å². The molecule has 0 bridgehead atoms. The molecule has 1 amide bonds. The molecule has 0 saturated carbocycles. The van der Waals surface area contributed by atoms with E-state index < -0.39 is 5.91 Å². The Morgan fingerprint density at radius 2 is 1.85 bits per heavy atom. The van der Waals surface area contributed by atoms with E-state index in [-0.39, 0.29) is 5.56 Å². The first kappa shape index (κ1) is 14.2. The van der Waals surface area contributed by atoms with E-state index in [1.165, 1.54) is 17.9 Å². The minimum absolute atomic E-state index is 0.191. The molecule has 6 nitrogen and oxygen atoms in total. The van der Waals surface area contributed by atoms with E-state index >= 15 is 0 Å². The Kier molecular flexibility index (Phi) is 4.86. The number of rotatable bonds is 5. The molecular formula is C13H13ClN4O2. The molecule has 0 aliphatic carbocycles. The minimum atomic E-state index is -0.641. The Bertz CT molecular complexity index is 572. The molecule has 0 spiro atoms. The van der Waals surface area contributed by atoms with Gasteiger partial charge >= 0.3 is 0 Å². The summed E-state index contributed by atoms with van der Waals surface area (Å²) in [7, 11) is 0. The van der Waals surface area contributed by atoms with Crippen LogP contribution in [0, 0.1) is 0 Å². The van der Waals surface area contributed by atoms with Gasteiger partial charge in [0, 0.05) is 24.0 Å². The summed E-state index contributed by atoms with van der Waals surface area (Å²) in [5.74, 6) is -0.217. The van der Waals surface area contributed by atoms with Crippen LogP contribution >= 0.6 is 11.6 Å². The largest absolute Gasteiger partial charge is 0.354 e. The Hall–Kier alpha value is -2.18. The standard InChI is InChI=1S/C13H13ClN4O2/c14-11-3-1-9(2-4-11)5-6-15-13-16-7-10(8-17-13)12(19)18-20/h1-4,7-8,20H,5-6H2,(H,18,19)(H,15,16,17). The van der Waals surface area contributed by atoms with Crippen LogP contribution in [0.5, 0.6) is 0 Å². The molecule has 20 heavy (non-hydrogen) atoms. The molecule has 0 saturated heterocycles. The number of nitrogens with one attached hydrogen (secondary N) is 2. The van der Waals surface area contributed by atoms with Gasteiger partial charge in [-0.3, -0.25) is 10.0 Å². The van der Waals surface area contributed by atoms with Crippen molar-refractivity contribution < 1.29 is 10.0 Å². The summed E-state index contributed by atoms with van der Waals surface area (Å²) < 4.78 is 0. The van der Waals surface area contributed by atoms with Crippen molar-refractivity contribution >= 4 is 23.5 Å². The normalized spacial score (nSPS) is 10.1. The Morgan fingerprint density at radius 3 is 2.45 bits per heavy atom. The molecule has 2 rings (SSSR count). The molecule has 0 aliphatic heterocycles. The van der Waals surface area contributed by atoms with Gasteiger partial charge in [-0.25, -0.2) is 15.4 Å². The third-order valence-corrected chi connectivity index (χ3v) is 2.88. The second-order valence-electron chi connectivity index (χ2n) is 4.04. The van der Waals surface area contributed by atoms with Crippen LogP contribution in [0.25, 0.3) is 0 Å². The molecular weight excluding hydrogens is 280 g/mol. The van der Waals surface area contributed by atoms with Crippen LogP contribution in [0.2, 0.25) is 5.02 Å². The third-order valence-electron chi connectivity index (χ3n) is 2.63. The van der Waals surface area contributed by atoms with Crippen molar-refractivity contribution in [3.63, 3.8) is 0 Å². The summed E-state index contributed by atoms with van der Waals surface area (Å²) in [6.07, 6.45) is 3.48. The van der Waals surface area contributed by atoms with Crippen molar-refractivity contribution in [2.24, 2.45) is 0 Å². The molecule has 0 atom stereocenters. The van der Waals surface area contributed by atoms with Gasteiger partial charge in [0.05, 0.1) is 5.56 Å². The van der Waals surface area contributed by atoms with Gasteiger partial charge in [0.15, 0.2) is 0 Å². The molecule has 1 heterocycles. The Morgan fingerprint density at radius 1 is 1.20 bits per heavy atom. The quantitative estimate of drug-likeness (QED) is 0.579. The summed E-state index contributed by atoms with van der Waals surface area (Å²) in [5.41, 5.74) is 2.86. The van der Waals surface area contributed by atoms with E-state index in [9.17, 15) is 4.79 Å². The van der Waals surface area contributed by atoms with E-state index in [0.717, 1.165) is 12.0 Å². The van der Waals surface area contributed by atoms with E-state index in [0.29, 0.717) is 17.5 Å². The number of hydrogen-bond donors (Lipinski definition) is 3. The van der Waals surface area contributed by atoms with Gasteiger partial charge in [0.2, 0.25) is 5.95 Å². The summed E-state index contributed by atoms with van der Waals surface area (Å²) in [6, 6.07) is 7.60. The van der Waals surface area contributed by atoms with Gasteiger partial charge in [-0.2, -0.15) is 0 Å². The van der Waals surface area contributed by atoms with Gasteiger partial charge in [-0.15, -0.1) is 0 Å². The molecule has 7 heteroatoms. The number of benzene rings is 1. The van der Waals surface area contributed by atoms with Crippen LogP contribution in [0.3, 0.4) is 0 Å². The highest BCUT2D eigenvalue weighted by Gasteiger charge is 2.05. The SMILES string of the molecule is O=C(NO)c1cnc(NCCc2ccc(Cl)cc2)nc1. The van der Waals surface area contributed by atoms with Crippen LogP contribution in [-0.2, 0) is 6.42 Å². The van der Waals surface area contributed by atoms with Crippen LogP contribution in [-0.4, -0.2) is 27.6 Å². The number of anilines is 1. The number of hydroxylamine groups is 1. The maximum atomic E-state index is 11.1. The molecule has 3 N–H and O–H groups in total. The van der Waals surface area contributed by atoms with Crippen LogP contribution in [0.1, 0.15) is 15.9 Å². The number of aromatic nitrogens is 2. The molecule has 104 valence electrons. The Balaban J connectivity index is 1.85. The van der Waals surface area contributed by atoms with E-state index in [4.69, 9.17) is 16.8 Å². The van der Waals surface area contributed by atoms with Crippen molar-refractivity contribution in [1.82, 2.24) is 15.4 Å². The van der Waals surface area contributed by atoms with E-state index in [1.54, 1.807) is 0 Å². The smallest absolute Gasteiger partial charge is 0.277 e. The monoisotopic (exact) mass is 292 g/mol. The number of carbonyl (C=O) groups is 1. The van der Waals surface area contributed by atoms with Crippen molar-refractivity contribution in [2.75, 3.05) is 11.9 Å². The highest BCUT2D eigenvalue weighted by Crippen LogP contribution is 2.10. The van der Waals surface area contributed by atoms with Gasteiger partial charge in [-0.1, -0.05) is 23.7 Å². The number of carbonyl (C=O) groups excluding carboxylic acids is 1. The van der Waals surface area contributed by atoms with Crippen LogP contribution < -0.4 is 10.8 Å². The molecule has 1 aromatic carbocycles. The zero-order valence-corrected chi connectivity index (χ0v) is 11.3.